The van der Waals surface area contributed by atoms with E-state index in [4.69, 9.17) is 4.74 Å². The lowest BCUT2D eigenvalue weighted by molar-refractivity contribution is 0.196. The van der Waals surface area contributed by atoms with E-state index in [1.54, 1.807) is 7.11 Å². The molecule has 1 aliphatic heterocycles. The Labute approximate surface area is 128 Å². The molecule has 1 spiro atoms. The molecule has 2 fully saturated rings. The zero-order valence-electron chi connectivity index (χ0n) is 13.4. The van der Waals surface area contributed by atoms with E-state index >= 15 is 0 Å². The van der Waals surface area contributed by atoms with Gasteiger partial charge in [0.25, 0.3) is 0 Å². The minimum absolute atomic E-state index is 0.340. The number of ether oxygens (including phenoxy) is 1. The quantitative estimate of drug-likeness (QED) is 0.920. The Morgan fingerprint density at radius 1 is 1.29 bits per heavy atom. The minimum atomic E-state index is 0.340. The molecule has 0 radical (unpaired) electrons. The molecule has 1 unspecified atom stereocenters. The summed E-state index contributed by atoms with van der Waals surface area (Å²) >= 11 is 0. The summed E-state index contributed by atoms with van der Waals surface area (Å²) in [4.78, 5) is 2.62. The summed E-state index contributed by atoms with van der Waals surface area (Å²) < 4.78 is 5.41. The first-order valence-electron chi connectivity index (χ1n) is 8.42. The van der Waals surface area contributed by atoms with E-state index in [9.17, 15) is 0 Å². The van der Waals surface area contributed by atoms with Crippen LogP contribution in [0.1, 0.15) is 45.4 Å². The van der Waals surface area contributed by atoms with Gasteiger partial charge >= 0.3 is 0 Å². The van der Waals surface area contributed by atoms with Gasteiger partial charge in [-0.25, -0.2) is 0 Å². The first-order chi connectivity index (χ1) is 10.3. The highest BCUT2D eigenvalue weighted by Gasteiger charge is 2.39. The molecule has 1 aromatic rings. The van der Waals surface area contributed by atoms with Gasteiger partial charge in [0.15, 0.2) is 0 Å². The Bertz CT molecular complexity index is 468. The molecule has 116 valence electrons. The van der Waals surface area contributed by atoms with Crippen LogP contribution in [0, 0.1) is 0 Å². The third-order valence-electron chi connectivity index (χ3n) is 5.29. The van der Waals surface area contributed by atoms with Gasteiger partial charge in [-0.1, -0.05) is 32.3 Å². The maximum absolute atomic E-state index is 5.41. The molecule has 1 atom stereocenters. The van der Waals surface area contributed by atoms with Crippen LogP contribution in [-0.2, 0) is 0 Å². The molecular formula is C18H28N2O. The minimum Gasteiger partial charge on any atom is -0.497 e. The molecule has 1 saturated heterocycles. The van der Waals surface area contributed by atoms with Gasteiger partial charge in [0.05, 0.1) is 7.11 Å². The molecule has 3 rings (SSSR count). The van der Waals surface area contributed by atoms with Gasteiger partial charge in [0.1, 0.15) is 5.75 Å². The third-order valence-corrected chi connectivity index (χ3v) is 5.29. The van der Waals surface area contributed by atoms with Crippen LogP contribution in [0.4, 0.5) is 5.69 Å². The predicted octanol–water partition coefficient (Wildman–Crippen LogP) is 3.59. The highest BCUT2D eigenvalue weighted by Crippen LogP contribution is 2.35. The molecular weight excluding hydrogens is 260 g/mol. The first-order valence-corrected chi connectivity index (χ1v) is 8.42. The number of methoxy groups -OCH3 is 1. The topological polar surface area (TPSA) is 24.5 Å². The summed E-state index contributed by atoms with van der Waals surface area (Å²) in [5.74, 6) is 0.957. The Hall–Kier alpha value is -1.22. The summed E-state index contributed by atoms with van der Waals surface area (Å²) in [6.07, 6.45) is 7.97. The molecule has 1 saturated carbocycles. The van der Waals surface area contributed by atoms with Gasteiger partial charge in [-0.3, -0.25) is 0 Å². The summed E-state index contributed by atoms with van der Waals surface area (Å²) in [5.41, 5.74) is 1.65. The number of nitrogens with zero attached hydrogens (tertiary/aromatic N) is 1. The second kappa shape index (κ2) is 6.27. The molecule has 0 amide bonds. The molecule has 2 aliphatic rings. The van der Waals surface area contributed by atoms with Gasteiger partial charge in [0, 0.05) is 36.4 Å². The van der Waals surface area contributed by atoms with Gasteiger partial charge < -0.3 is 15.0 Å². The molecule has 1 aromatic carbocycles. The van der Waals surface area contributed by atoms with Crippen molar-refractivity contribution in [2.24, 2.45) is 0 Å². The van der Waals surface area contributed by atoms with E-state index in [1.807, 2.05) is 6.07 Å². The normalized spacial score (nSPS) is 25.0. The SMILES string of the molecule is CCC1CNC2(CCCCC2)CN1c1cccc(OC)c1. The summed E-state index contributed by atoms with van der Waals surface area (Å²) in [6.45, 7) is 4.53. The van der Waals surface area contributed by atoms with Crippen molar-refractivity contribution in [3.8, 4) is 5.75 Å². The molecule has 1 N–H and O–H groups in total. The van der Waals surface area contributed by atoms with E-state index in [1.165, 1.54) is 44.2 Å². The fraction of sp³-hybridized carbons (Fsp3) is 0.667. The highest BCUT2D eigenvalue weighted by molar-refractivity contribution is 5.52. The van der Waals surface area contributed by atoms with Crippen molar-refractivity contribution < 1.29 is 4.74 Å². The predicted molar refractivity (Wildman–Crippen MR) is 88.2 cm³/mol. The van der Waals surface area contributed by atoms with Gasteiger partial charge in [-0.15, -0.1) is 0 Å². The van der Waals surface area contributed by atoms with Crippen molar-refractivity contribution in [1.29, 1.82) is 0 Å². The third kappa shape index (κ3) is 3.03. The van der Waals surface area contributed by atoms with E-state index < -0.39 is 0 Å². The van der Waals surface area contributed by atoms with Crippen molar-refractivity contribution in [3.63, 3.8) is 0 Å². The first kappa shape index (κ1) is 14.7. The number of piperazine rings is 1. The van der Waals surface area contributed by atoms with Gasteiger partial charge in [0.2, 0.25) is 0 Å². The lowest BCUT2D eigenvalue weighted by atomic mass is 9.79. The van der Waals surface area contributed by atoms with Crippen LogP contribution >= 0.6 is 0 Å². The van der Waals surface area contributed by atoms with E-state index in [-0.39, 0.29) is 0 Å². The van der Waals surface area contributed by atoms with E-state index in [2.05, 4.69) is 35.3 Å². The van der Waals surface area contributed by atoms with Crippen molar-refractivity contribution in [2.45, 2.75) is 57.0 Å². The molecule has 0 aromatic heterocycles. The van der Waals surface area contributed by atoms with Crippen LogP contribution in [-0.4, -0.2) is 31.8 Å². The number of benzene rings is 1. The van der Waals surface area contributed by atoms with Crippen molar-refractivity contribution >= 4 is 5.69 Å². The fourth-order valence-corrected chi connectivity index (χ4v) is 3.97. The Kier molecular flexibility index (Phi) is 4.39. The summed E-state index contributed by atoms with van der Waals surface area (Å²) in [7, 11) is 1.75. The smallest absolute Gasteiger partial charge is 0.120 e. The number of anilines is 1. The molecule has 1 aliphatic carbocycles. The lowest BCUT2D eigenvalue weighted by Gasteiger charge is -2.50. The Balaban J connectivity index is 1.84. The van der Waals surface area contributed by atoms with Crippen LogP contribution in [0.25, 0.3) is 0 Å². The maximum atomic E-state index is 5.41. The van der Waals surface area contributed by atoms with Gasteiger partial charge in [-0.2, -0.15) is 0 Å². The molecule has 21 heavy (non-hydrogen) atoms. The van der Waals surface area contributed by atoms with Crippen molar-refractivity contribution in [2.75, 3.05) is 25.1 Å². The second-order valence-corrected chi connectivity index (χ2v) is 6.61. The fourth-order valence-electron chi connectivity index (χ4n) is 3.97. The summed E-state index contributed by atoms with van der Waals surface area (Å²) in [6, 6.07) is 9.14. The van der Waals surface area contributed by atoms with Gasteiger partial charge in [-0.05, 0) is 31.4 Å². The van der Waals surface area contributed by atoms with E-state index in [0.29, 0.717) is 11.6 Å². The maximum Gasteiger partial charge on any atom is 0.120 e. The van der Waals surface area contributed by atoms with Crippen LogP contribution in [0.2, 0.25) is 0 Å². The van der Waals surface area contributed by atoms with Crippen LogP contribution in [0.5, 0.6) is 5.75 Å². The molecule has 3 nitrogen and oxygen atoms in total. The standard InChI is InChI=1S/C18H28N2O/c1-3-15-13-19-18(10-5-4-6-11-18)14-20(15)16-8-7-9-17(12-16)21-2/h7-9,12,15,19H,3-6,10-11,13-14H2,1-2H3. The zero-order chi connectivity index (χ0) is 14.7. The van der Waals surface area contributed by atoms with Crippen molar-refractivity contribution in [1.82, 2.24) is 5.32 Å². The van der Waals surface area contributed by atoms with Crippen LogP contribution in [0.15, 0.2) is 24.3 Å². The molecule has 1 heterocycles. The average Bonchev–Trinajstić information content (AvgIpc) is 2.56. The molecule has 3 heteroatoms. The number of rotatable bonds is 3. The number of hydrogen-bond donors (Lipinski definition) is 1. The van der Waals surface area contributed by atoms with E-state index in [0.717, 1.165) is 18.8 Å². The Morgan fingerprint density at radius 2 is 2.10 bits per heavy atom. The monoisotopic (exact) mass is 288 g/mol. The summed E-state index contributed by atoms with van der Waals surface area (Å²) in [5, 5.41) is 3.89. The Morgan fingerprint density at radius 3 is 2.81 bits per heavy atom. The van der Waals surface area contributed by atoms with Crippen LogP contribution < -0.4 is 15.0 Å². The number of nitrogens with one attached hydrogen (secondary N) is 1. The largest absolute Gasteiger partial charge is 0.497 e. The lowest BCUT2D eigenvalue weighted by Crippen LogP contribution is -2.65. The van der Waals surface area contributed by atoms with Crippen molar-refractivity contribution in [3.05, 3.63) is 24.3 Å². The highest BCUT2D eigenvalue weighted by atomic mass is 16.5. The second-order valence-electron chi connectivity index (χ2n) is 6.61. The van der Waals surface area contributed by atoms with Crippen LogP contribution in [0.3, 0.4) is 0 Å². The number of hydrogen-bond acceptors (Lipinski definition) is 3. The molecule has 0 bridgehead atoms. The zero-order valence-corrected chi connectivity index (χ0v) is 13.4. The average molecular weight is 288 g/mol.